The Balaban J connectivity index is 1.88. The second kappa shape index (κ2) is 5.43. The van der Waals surface area contributed by atoms with Crippen molar-refractivity contribution in [3.63, 3.8) is 0 Å². The highest BCUT2D eigenvalue weighted by Crippen LogP contribution is 2.40. The van der Waals surface area contributed by atoms with Crippen LogP contribution in [0, 0.1) is 24.7 Å². The maximum atomic E-state index is 4.43. The molecule has 1 aliphatic heterocycles. The molecule has 3 rings (SSSR count). The van der Waals surface area contributed by atoms with Crippen LogP contribution >= 0.6 is 0 Å². The Bertz CT molecular complexity index is 539. The predicted molar refractivity (Wildman–Crippen MR) is 85.4 cm³/mol. The average molecular weight is 268 g/mol. The molecule has 1 aromatic carbocycles. The average Bonchev–Trinajstić information content (AvgIpc) is 2.87. The van der Waals surface area contributed by atoms with Gasteiger partial charge in [0, 0.05) is 12.1 Å². The largest absolute Gasteiger partial charge is 0.278 e. The standard InChI is InChI=1S/C18H24N2/c1-12-4-7-15(8-5-12)18-14(3)17(11-19-20-18)16-9-6-13(2)10-16/h4-5,7-8,11,13,16-17,20H,6,9-10H2,1-3H3. The van der Waals surface area contributed by atoms with E-state index in [2.05, 4.69) is 61.8 Å². The van der Waals surface area contributed by atoms with Crippen molar-refractivity contribution in [3.8, 4) is 0 Å². The lowest BCUT2D eigenvalue weighted by Crippen LogP contribution is -2.24. The number of hydrogen-bond donors (Lipinski definition) is 1. The fourth-order valence-electron chi connectivity index (χ4n) is 3.61. The Morgan fingerprint density at radius 3 is 2.50 bits per heavy atom. The molecule has 2 nitrogen and oxygen atoms in total. The quantitative estimate of drug-likeness (QED) is 0.846. The predicted octanol–water partition coefficient (Wildman–Crippen LogP) is 4.37. The van der Waals surface area contributed by atoms with Crippen LogP contribution < -0.4 is 5.43 Å². The number of nitrogens with one attached hydrogen (secondary N) is 1. The van der Waals surface area contributed by atoms with Gasteiger partial charge in [0.25, 0.3) is 0 Å². The van der Waals surface area contributed by atoms with E-state index in [0.29, 0.717) is 5.92 Å². The Labute approximate surface area is 122 Å². The van der Waals surface area contributed by atoms with Gasteiger partial charge in [-0.1, -0.05) is 43.2 Å². The molecule has 0 spiro atoms. The fourth-order valence-corrected chi connectivity index (χ4v) is 3.61. The highest BCUT2D eigenvalue weighted by molar-refractivity contribution is 5.78. The monoisotopic (exact) mass is 268 g/mol. The van der Waals surface area contributed by atoms with Crippen molar-refractivity contribution in [1.82, 2.24) is 5.43 Å². The van der Waals surface area contributed by atoms with Crippen molar-refractivity contribution >= 4 is 11.9 Å². The molecule has 1 N–H and O–H groups in total. The molecule has 1 fully saturated rings. The summed E-state index contributed by atoms with van der Waals surface area (Å²) in [6, 6.07) is 8.72. The van der Waals surface area contributed by atoms with Gasteiger partial charge < -0.3 is 0 Å². The third kappa shape index (κ3) is 2.52. The van der Waals surface area contributed by atoms with E-state index in [9.17, 15) is 0 Å². The molecule has 0 radical (unpaired) electrons. The maximum absolute atomic E-state index is 4.43. The van der Waals surface area contributed by atoms with Gasteiger partial charge >= 0.3 is 0 Å². The molecule has 1 aliphatic carbocycles. The SMILES string of the molecule is CC1=C(c2ccc(C)cc2)NN=CC1C1CCC(C)C1. The smallest absolute Gasteiger partial charge is 0.0629 e. The van der Waals surface area contributed by atoms with E-state index >= 15 is 0 Å². The van der Waals surface area contributed by atoms with E-state index in [0.717, 1.165) is 11.8 Å². The number of hydrazone groups is 1. The Morgan fingerprint density at radius 2 is 1.85 bits per heavy atom. The molecule has 106 valence electrons. The van der Waals surface area contributed by atoms with E-state index in [4.69, 9.17) is 0 Å². The molecule has 3 unspecified atom stereocenters. The summed E-state index contributed by atoms with van der Waals surface area (Å²) in [4.78, 5) is 0. The number of rotatable bonds is 2. The molecular weight excluding hydrogens is 244 g/mol. The summed E-state index contributed by atoms with van der Waals surface area (Å²) in [6.07, 6.45) is 6.18. The van der Waals surface area contributed by atoms with Gasteiger partial charge in [-0.2, -0.15) is 5.10 Å². The van der Waals surface area contributed by atoms with Crippen molar-refractivity contribution in [1.29, 1.82) is 0 Å². The minimum atomic E-state index is 0.512. The molecule has 0 aromatic heterocycles. The molecular formula is C18H24N2. The van der Waals surface area contributed by atoms with Crippen molar-refractivity contribution in [3.05, 3.63) is 41.0 Å². The molecule has 1 heterocycles. The van der Waals surface area contributed by atoms with Gasteiger partial charge in [0.05, 0.1) is 5.70 Å². The molecule has 0 saturated heterocycles. The molecule has 1 saturated carbocycles. The summed E-state index contributed by atoms with van der Waals surface area (Å²) in [5.41, 5.74) is 8.42. The molecule has 2 aliphatic rings. The normalized spacial score (nSPS) is 29.6. The van der Waals surface area contributed by atoms with Gasteiger partial charge in [0.15, 0.2) is 0 Å². The van der Waals surface area contributed by atoms with Gasteiger partial charge in [-0.15, -0.1) is 0 Å². The van der Waals surface area contributed by atoms with Gasteiger partial charge in [-0.05, 0) is 49.7 Å². The first kappa shape index (κ1) is 13.4. The third-order valence-electron chi connectivity index (χ3n) is 4.89. The minimum absolute atomic E-state index is 0.512. The summed E-state index contributed by atoms with van der Waals surface area (Å²) >= 11 is 0. The summed E-state index contributed by atoms with van der Waals surface area (Å²) in [5, 5.41) is 4.43. The topological polar surface area (TPSA) is 24.4 Å². The van der Waals surface area contributed by atoms with Crippen LogP contribution in [0.4, 0.5) is 0 Å². The van der Waals surface area contributed by atoms with Crippen molar-refractivity contribution in [2.24, 2.45) is 22.9 Å². The summed E-state index contributed by atoms with van der Waals surface area (Å²) in [5.74, 6) is 2.16. The number of nitrogens with zero attached hydrogens (tertiary/aromatic N) is 1. The zero-order chi connectivity index (χ0) is 14.1. The zero-order valence-electron chi connectivity index (χ0n) is 12.7. The number of benzene rings is 1. The maximum Gasteiger partial charge on any atom is 0.0629 e. The molecule has 0 bridgehead atoms. The summed E-state index contributed by atoms with van der Waals surface area (Å²) in [6.45, 7) is 6.76. The zero-order valence-corrected chi connectivity index (χ0v) is 12.7. The third-order valence-corrected chi connectivity index (χ3v) is 4.89. The van der Waals surface area contributed by atoms with Gasteiger partial charge in [0.2, 0.25) is 0 Å². The van der Waals surface area contributed by atoms with Crippen LogP contribution in [0.25, 0.3) is 5.70 Å². The first-order chi connectivity index (χ1) is 9.65. The van der Waals surface area contributed by atoms with Crippen LogP contribution in [0.2, 0.25) is 0 Å². The van der Waals surface area contributed by atoms with E-state index in [1.165, 1.54) is 41.7 Å². The lowest BCUT2D eigenvalue weighted by Gasteiger charge is -2.27. The molecule has 0 amide bonds. The van der Waals surface area contributed by atoms with Crippen LogP contribution in [0.1, 0.15) is 44.2 Å². The Morgan fingerprint density at radius 1 is 1.10 bits per heavy atom. The lowest BCUT2D eigenvalue weighted by atomic mass is 9.83. The number of allylic oxidation sites excluding steroid dienone is 1. The second-order valence-corrected chi connectivity index (χ2v) is 6.52. The first-order valence-electron chi connectivity index (χ1n) is 7.72. The molecule has 20 heavy (non-hydrogen) atoms. The first-order valence-corrected chi connectivity index (χ1v) is 7.72. The van der Waals surface area contributed by atoms with Crippen molar-refractivity contribution in [2.45, 2.75) is 40.0 Å². The van der Waals surface area contributed by atoms with Gasteiger partial charge in [-0.3, -0.25) is 5.43 Å². The summed E-state index contributed by atoms with van der Waals surface area (Å²) in [7, 11) is 0. The van der Waals surface area contributed by atoms with E-state index in [-0.39, 0.29) is 0 Å². The molecule has 2 heteroatoms. The van der Waals surface area contributed by atoms with Crippen LogP contribution in [0.15, 0.2) is 34.9 Å². The van der Waals surface area contributed by atoms with Gasteiger partial charge in [0.1, 0.15) is 0 Å². The van der Waals surface area contributed by atoms with E-state index < -0.39 is 0 Å². The van der Waals surface area contributed by atoms with E-state index in [1.54, 1.807) is 0 Å². The fraction of sp³-hybridized carbons (Fsp3) is 0.500. The van der Waals surface area contributed by atoms with Crippen molar-refractivity contribution in [2.75, 3.05) is 0 Å². The number of hydrogen-bond acceptors (Lipinski definition) is 2. The summed E-state index contributed by atoms with van der Waals surface area (Å²) < 4.78 is 0. The Hall–Kier alpha value is -1.57. The Kier molecular flexibility index (Phi) is 3.64. The number of aryl methyl sites for hydroxylation is 1. The van der Waals surface area contributed by atoms with Crippen LogP contribution in [0.3, 0.4) is 0 Å². The van der Waals surface area contributed by atoms with Crippen LogP contribution in [-0.2, 0) is 0 Å². The van der Waals surface area contributed by atoms with Gasteiger partial charge in [-0.25, -0.2) is 0 Å². The lowest BCUT2D eigenvalue weighted by molar-refractivity contribution is 0.454. The highest BCUT2D eigenvalue weighted by atomic mass is 15.3. The van der Waals surface area contributed by atoms with Crippen LogP contribution in [-0.4, -0.2) is 6.21 Å². The van der Waals surface area contributed by atoms with Crippen molar-refractivity contribution < 1.29 is 0 Å². The highest BCUT2D eigenvalue weighted by Gasteiger charge is 2.31. The molecule has 1 aromatic rings. The molecule has 3 atom stereocenters. The van der Waals surface area contributed by atoms with E-state index in [1.807, 2.05) is 0 Å². The second-order valence-electron chi connectivity index (χ2n) is 6.52. The minimum Gasteiger partial charge on any atom is -0.278 e. The van der Waals surface area contributed by atoms with Crippen LogP contribution in [0.5, 0.6) is 0 Å².